The van der Waals surface area contributed by atoms with Crippen LogP contribution in [0.25, 0.3) is 0 Å². The van der Waals surface area contributed by atoms with E-state index in [-0.39, 0.29) is 18.1 Å². The molecule has 0 unspecified atom stereocenters. The predicted molar refractivity (Wildman–Crippen MR) is 83.6 cm³/mol. The molecule has 0 N–H and O–H groups in total. The first-order valence-corrected chi connectivity index (χ1v) is 8.11. The molecule has 23 heavy (non-hydrogen) atoms. The van der Waals surface area contributed by atoms with E-state index >= 15 is 0 Å². The predicted octanol–water partition coefficient (Wildman–Crippen LogP) is 5.07. The van der Waals surface area contributed by atoms with E-state index in [9.17, 15) is 13.2 Å². The number of alkyl halides is 1. The average Bonchev–Trinajstić information content (AvgIpc) is 2.57. The molecule has 0 saturated heterocycles. The monoisotopic (exact) mass is 328 g/mol. The van der Waals surface area contributed by atoms with Gasteiger partial charge >= 0.3 is 0 Å². The molecular formula is C18H23F3O2. The lowest BCUT2D eigenvalue weighted by Gasteiger charge is -2.26. The van der Waals surface area contributed by atoms with Gasteiger partial charge < -0.3 is 9.47 Å². The molecule has 1 aliphatic rings. The smallest absolute Gasteiger partial charge is 0.204 e. The third kappa shape index (κ3) is 4.91. The molecule has 0 bridgehead atoms. The van der Waals surface area contributed by atoms with Gasteiger partial charge in [-0.2, -0.15) is 8.78 Å². The van der Waals surface area contributed by atoms with E-state index in [2.05, 4.69) is 0 Å². The SMILES string of the molecule is CCOc1ccc(OCC2CCC(/C=C/CF)CC2)c(F)c1F. The summed E-state index contributed by atoms with van der Waals surface area (Å²) >= 11 is 0. The number of halogens is 3. The number of allylic oxidation sites excluding steroid dienone is 2. The van der Waals surface area contributed by atoms with Gasteiger partial charge in [-0.3, -0.25) is 0 Å². The van der Waals surface area contributed by atoms with Gasteiger partial charge in [0.1, 0.15) is 6.67 Å². The Morgan fingerprint density at radius 3 is 2.22 bits per heavy atom. The Bertz CT molecular complexity index is 523. The summed E-state index contributed by atoms with van der Waals surface area (Å²) in [6, 6.07) is 2.79. The van der Waals surface area contributed by atoms with Gasteiger partial charge in [-0.05, 0) is 56.6 Å². The Balaban J connectivity index is 1.85. The quantitative estimate of drug-likeness (QED) is 0.650. The lowest BCUT2D eigenvalue weighted by Crippen LogP contribution is -2.19. The van der Waals surface area contributed by atoms with Gasteiger partial charge in [-0.1, -0.05) is 12.2 Å². The fourth-order valence-electron chi connectivity index (χ4n) is 2.89. The number of benzene rings is 1. The van der Waals surface area contributed by atoms with E-state index < -0.39 is 18.3 Å². The highest BCUT2D eigenvalue weighted by molar-refractivity contribution is 5.35. The summed E-state index contributed by atoms with van der Waals surface area (Å²) in [5.41, 5.74) is 0. The standard InChI is InChI=1S/C18H23F3O2/c1-2-22-15-9-10-16(18(21)17(15)20)23-12-14-7-5-13(6-8-14)4-3-11-19/h3-4,9-10,13-14H,2,5-8,11-12H2,1H3/b4-3+. The van der Waals surface area contributed by atoms with Crippen LogP contribution in [-0.4, -0.2) is 19.9 Å². The van der Waals surface area contributed by atoms with Gasteiger partial charge in [-0.15, -0.1) is 0 Å². The van der Waals surface area contributed by atoms with Crippen LogP contribution in [0.15, 0.2) is 24.3 Å². The van der Waals surface area contributed by atoms with Crippen LogP contribution in [0.3, 0.4) is 0 Å². The highest BCUT2D eigenvalue weighted by Gasteiger charge is 2.21. The van der Waals surface area contributed by atoms with Crippen molar-refractivity contribution < 1.29 is 22.6 Å². The summed E-state index contributed by atoms with van der Waals surface area (Å²) < 4.78 is 50.2. The third-order valence-electron chi connectivity index (χ3n) is 4.17. The second-order valence-corrected chi connectivity index (χ2v) is 5.80. The topological polar surface area (TPSA) is 18.5 Å². The van der Waals surface area contributed by atoms with Crippen molar-refractivity contribution in [3.05, 3.63) is 35.9 Å². The van der Waals surface area contributed by atoms with Crippen LogP contribution < -0.4 is 9.47 Å². The van der Waals surface area contributed by atoms with Gasteiger partial charge in [-0.25, -0.2) is 4.39 Å². The van der Waals surface area contributed by atoms with Gasteiger partial charge in [0.25, 0.3) is 0 Å². The number of hydrogen-bond acceptors (Lipinski definition) is 2. The third-order valence-corrected chi connectivity index (χ3v) is 4.17. The van der Waals surface area contributed by atoms with E-state index in [1.807, 2.05) is 6.08 Å². The van der Waals surface area contributed by atoms with Crippen molar-refractivity contribution in [3.8, 4) is 11.5 Å². The molecule has 0 radical (unpaired) electrons. The Kier molecular flexibility index (Phi) is 6.81. The Morgan fingerprint density at radius 1 is 1.04 bits per heavy atom. The molecule has 0 atom stereocenters. The summed E-state index contributed by atoms with van der Waals surface area (Å²) in [5.74, 6) is -1.46. The van der Waals surface area contributed by atoms with Crippen LogP contribution in [0, 0.1) is 23.5 Å². The molecule has 128 valence electrons. The van der Waals surface area contributed by atoms with Crippen LogP contribution in [-0.2, 0) is 0 Å². The summed E-state index contributed by atoms with van der Waals surface area (Å²) in [4.78, 5) is 0. The van der Waals surface area contributed by atoms with Crippen molar-refractivity contribution >= 4 is 0 Å². The normalized spacial score (nSPS) is 21.6. The molecule has 0 aromatic heterocycles. The molecular weight excluding hydrogens is 305 g/mol. The van der Waals surface area contributed by atoms with Crippen LogP contribution in [0.1, 0.15) is 32.6 Å². The van der Waals surface area contributed by atoms with Crippen LogP contribution >= 0.6 is 0 Å². The summed E-state index contributed by atoms with van der Waals surface area (Å²) in [7, 11) is 0. The minimum absolute atomic E-state index is 0.0783. The van der Waals surface area contributed by atoms with E-state index in [0.29, 0.717) is 18.4 Å². The maximum Gasteiger partial charge on any atom is 0.204 e. The minimum Gasteiger partial charge on any atom is -0.491 e. The summed E-state index contributed by atoms with van der Waals surface area (Å²) in [6.45, 7) is 1.92. The van der Waals surface area contributed by atoms with Crippen LogP contribution in [0.2, 0.25) is 0 Å². The van der Waals surface area contributed by atoms with E-state index in [0.717, 1.165) is 25.7 Å². The molecule has 1 fully saturated rings. The van der Waals surface area contributed by atoms with Gasteiger partial charge in [0.15, 0.2) is 11.5 Å². The minimum atomic E-state index is -1.01. The Hall–Kier alpha value is -1.65. The first kappa shape index (κ1) is 17.7. The highest BCUT2D eigenvalue weighted by atomic mass is 19.2. The molecule has 5 heteroatoms. The molecule has 1 saturated carbocycles. The van der Waals surface area contributed by atoms with Crippen molar-refractivity contribution in [2.45, 2.75) is 32.6 Å². The lowest BCUT2D eigenvalue weighted by molar-refractivity contribution is 0.187. The number of rotatable bonds is 7. The van der Waals surface area contributed by atoms with Crippen molar-refractivity contribution in [1.82, 2.24) is 0 Å². The lowest BCUT2D eigenvalue weighted by atomic mass is 9.82. The summed E-state index contributed by atoms with van der Waals surface area (Å²) in [6.07, 6.45) is 7.33. The Labute approximate surface area is 135 Å². The van der Waals surface area contributed by atoms with Crippen molar-refractivity contribution in [2.24, 2.45) is 11.8 Å². The number of hydrogen-bond donors (Lipinski definition) is 0. The molecule has 0 amide bonds. The van der Waals surface area contributed by atoms with Crippen LogP contribution in [0.5, 0.6) is 11.5 Å². The molecule has 1 aliphatic carbocycles. The molecule has 2 rings (SSSR count). The first-order chi connectivity index (χ1) is 11.2. The van der Waals surface area contributed by atoms with Crippen LogP contribution in [0.4, 0.5) is 13.2 Å². The highest BCUT2D eigenvalue weighted by Crippen LogP contribution is 2.32. The zero-order valence-electron chi connectivity index (χ0n) is 13.4. The largest absolute Gasteiger partial charge is 0.491 e. The van der Waals surface area contributed by atoms with E-state index in [1.54, 1.807) is 13.0 Å². The van der Waals surface area contributed by atoms with Gasteiger partial charge in [0.05, 0.1) is 13.2 Å². The van der Waals surface area contributed by atoms with E-state index in [4.69, 9.17) is 9.47 Å². The molecule has 1 aromatic rings. The number of ether oxygens (including phenoxy) is 2. The maximum atomic E-state index is 13.9. The molecule has 2 nitrogen and oxygen atoms in total. The van der Waals surface area contributed by atoms with Crippen molar-refractivity contribution in [1.29, 1.82) is 0 Å². The van der Waals surface area contributed by atoms with Gasteiger partial charge in [0.2, 0.25) is 11.6 Å². The zero-order chi connectivity index (χ0) is 16.7. The second kappa shape index (κ2) is 8.85. The van der Waals surface area contributed by atoms with Gasteiger partial charge in [0, 0.05) is 0 Å². The second-order valence-electron chi connectivity index (χ2n) is 5.80. The zero-order valence-corrected chi connectivity index (χ0v) is 13.4. The maximum absolute atomic E-state index is 13.9. The fraction of sp³-hybridized carbons (Fsp3) is 0.556. The fourth-order valence-corrected chi connectivity index (χ4v) is 2.89. The van der Waals surface area contributed by atoms with Crippen molar-refractivity contribution in [3.63, 3.8) is 0 Å². The van der Waals surface area contributed by atoms with E-state index in [1.165, 1.54) is 12.1 Å². The molecule has 0 spiro atoms. The summed E-state index contributed by atoms with van der Waals surface area (Å²) in [5, 5.41) is 0. The molecule has 0 aliphatic heterocycles. The van der Waals surface area contributed by atoms with Crippen molar-refractivity contribution in [2.75, 3.05) is 19.9 Å². The molecule has 1 aromatic carbocycles. The average molecular weight is 328 g/mol. The Morgan fingerprint density at radius 2 is 1.65 bits per heavy atom. The molecule has 0 heterocycles. The first-order valence-electron chi connectivity index (χ1n) is 8.11.